The molecule has 0 atom stereocenters. The number of hydrogen-bond donors (Lipinski definition) is 0. The zero-order chi connectivity index (χ0) is 15.1. The molecule has 2 nitrogen and oxygen atoms in total. The predicted octanol–water partition coefficient (Wildman–Crippen LogP) is 4.00. The van der Waals surface area contributed by atoms with E-state index in [2.05, 4.69) is 11.8 Å². The van der Waals surface area contributed by atoms with Crippen LogP contribution in [0.2, 0.25) is 0 Å². The maximum atomic E-state index is 14.0. The zero-order valence-corrected chi connectivity index (χ0v) is 12.3. The Hall–Kier alpha value is -2.18. The summed E-state index contributed by atoms with van der Waals surface area (Å²) in [6, 6.07) is 12.3. The minimum atomic E-state index is -0.413. The van der Waals surface area contributed by atoms with Crippen molar-refractivity contribution in [2.75, 3.05) is 13.0 Å². The van der Waals surface area contributed by atoms with Crippen LogP contribution in [-0.2, 0) is 6.61 Å². The molecule has 0 radical (unpaired) electrons. The summed E-state index contributed by atoms with van der Waals surface area (Å²) in [6.07, 6.45) is 0. The number of rotatable bonds is 4. The van der Waals surface area contributed by atoms with Crippen molar-refractivity contribution in [3.63, 3.8) is 0 Å². The lowest BCUT2D eigenvalue weighted by molar-refractivity contribution is 0.295. The third-order valence-electron chi connectivity index (χ3n) is 2.82. The molecule has 0 aromatic heterocycles. The summed E-state index contributed by atoms with van der Waals surface area (Å²) in [7, 11) is 1.43. The Kier molecular flexibility index (Phi) is 5.48. The van der Waals surface area contributed by atoms with Crippen LogP contribution in [-0.4, -0.2) is 13.0 Å². The number of benzene rings is 2. The first-order chi connectivity index (χ1) is 10.3. The van der Waals surface area contributed by atoms with E-state index in [0.717, 1.165) is 5.56 Å². The molecular weight excluding hydrogens is 291 g/mol. The van der Waals surface area contributed by atoms with Gasteiger partial charge < -0.3 is 9.47 Å². The molecule has 0 unspecified atom stereocenters. The third kappa shape index (κ3) is 3.90. The summed E-state index contributed by atoms with van der Waals surface area (Å²) in [5.41, 5.74) is 1.15. The molecule has 0 amide bonds. The van der Waals surface area contributed by atoms with Crippen LogP contribution in [0.25, 0.3) is 0 Å². The van der Waals surface area contributed by atoms with Gasteiger partial charge in [0.1, 0.15) is 12.4 Å². The van der Waals surface area contributed by atoms with Crippen molar-refractivity contribution in [3.05, 3.63) is 59.4 Å². The average molecular weight is 305 g/mol. The highest BCUT2D eigenvalue weighted by Gasteiger charge is 2.09. The first-order valence-corrected chi connectivity index (χ1v) is 6.87. The lowest BCUT2D eigenvalue weighted by Gasteiger charge is -2.10. The summed E-state index contributed by atoms with van der Waals surface area (Å²) in [5.74, 6) is 6.32. The molecule has 0 N–H and O–H groups in total. The number of methoxy groups -OCH3 is 1. The van der Waals surface area contributed by atoms with Crippen molar-refractivity contribution in [1.82, 2.24) is 0 Å². The lowest BCUT2D eigenvalue weighted by atomic mass is 10.2. The van der Waals surface area contributed by atoms with Gasteiger partial charge in [0.2, 0.25) is 0 Å². The van der Waals surface area contributed by atoms with E-state index >= 15 is 0 Å². The maximum Gasteiger partial charge on any atom is 0.171 e. The molecule has 0 fully saturated rings. The molecule has 0 aliphatic rings. The van der Waals surface area contributed by atoms with Gasteiger partial charge >= 0.3 is 0 Å². The molecule has 0 bridgehead atoms. The molecule has 0 spiro atoms. The van der Waals surface area contributed by atoms with E-state index in [1.54, 1.807) is 24.3 Å². The van der Waals surface area contributed by atoms with E-state index in [9.17, 15) is 4.39 Å². The quantitative estimate of drug-likeness (QED) is 0.628. The lowest BCUT2D eigenvalue weighted by Crippen LogP contribution is -2.01. The molecule has 0 heterocycles. The number of halogens is 2. The van der Waals surface area contributed by atoms with Crippen molar-refractivity contribution >= 4 is 11.6 Å². The first-order valence-electron chi connectivity index (χ1n) is 6.34. The van der Waals surface area contributed by atoms with Crippen LogP contribution >= 0.6 is 11.6 Å². The number of para-hydroxylation sites is 1. The van der Waals surface area contributed by atoms with Crippen LogP contribution in [0.1, 0.15) is 11.1 Å². The van der Waals surface area contributed by atoms with Gasteiger partial charge in [0, 0.05) is 5.56 Å². The highest BCUT2D eigenvalue weighted by Crippen LogP contribution is 2.23. The number of ether oxygens (including phenoxy) is 2. The van der Waals surface area contributed by atoms with Crippen molar-refractivity contribution in [3.8, 4) is 23.3 Å². The van der Waals surface area contributed by atoms with Gasteiger partial charge in [0.25, 0.3) is 0 Å². The van der Waals surface area contributed by atoms with Gasteiger partial charge in [0.15, 0.2) is 11.6 Å². The summed E-state index contributed by atoms with van der Waals surface area (Å²) in [6.45, 7) is 0.0998. The van der Waals surface area contributed by atoms with Gasteiger partial charge in [0.05, 0.1) is 18.6 Å². The summed E-state index contributed by atoms with van der Waals surface area (Å²) in [5, 5.41) is 0. The minimum absolute atomic E-state index is 0.0998. The topological polar surface area (TPSA) is 18.5 Å². The second-order valence-corrected chi connectivity index (χ2v) is 4.42. The van der Waals surface area contributed by atoms with Gasteiger partial charge in [-0.25, -0.2) is 4.39 Å². The fourth-order valence-corrected chi connectivity index (χ4v) is 1.87. The van der Waals surface area contributed by atoms with Crippen LogP contribution < -0.4 is 9.47 Å². The van der Waals surface area contributed by atoms with E-state index in [4.69, 9.17) is 21.1 Å². The van der Waals surface area contributed by atoms with E-state index in [1.165, 1.54) is 7.11 Å². The van der Waals surface area contributed by atoms with Crippen LogP contribution in [0.5, 0.6) is 11.5 Å². The fourth-order valence-electron chi connectivity index (χ4n) is 1.81. The standard InChI is InChI=1S/C17H14ClFO2/c1-20-16-10-4-7-14(17(16)19)12-21-15-9-3-2-6-13(15)8-5-11-18/h2-4,6-7,9-10H,11-12H2,1H3. The molecule has 2 aromatic carbocycles. The van der Waals surface area contributed by atoms with Gasteiger partial charge in [-0.1, -0.05) is 36.1 Å². The van der Waals surface area contributed by atoms with Gasteiger partial charge in [-0.05, 0) is 18.2 Å². The predicted molar refractivity (Wildman–Crippen MR) is 81.3 cm³/mol. The minimum Gasteiger partial charge on any atom is -0.494 e. The highest BCUT2D eigenvalue weighted by atomic mass is 35.5. The second-order valence-electron chi connectivity index (χ2n) is 4.15. The number of alkyl halides is 1. The monoisotopic (exact) mass is 304 g/mol. The van der Waals surface area contributed by atoms with Gasteiger partial charge in [-0.2, -0.15) is 0 Å². The van der Waals surface area contributed by atoms with Crippen LogP contribution in [0.3, 0.4) is 0 Å². The Labute approximate surface area is 128 Å². The molecule has 0 aliphatic carbocycles. The maximum absolute atomic E-state index is 14.0. The van der Waals surface area contributed by atoms with E-state index in [0.29, 0.717) is 11.3 Å². The van der Waals surface area contributed by atoms with Gasteiger partial charge in [-0.3, -0.25) is 0 Å². The molecule has 0 saturated carbocycles. The smallest absolute Gasteiger partial charge is 0.171 e. The molecule has 2 rings (SSSR count). The number of hydrogen-bond acceptors (Lipinski definition) is 2. The van der Waals surface area contributed by atoms with E-state index < -0.39 is 5.82 Å². The molecule has 21 heavy (non-hydrogen) atoms. The van der Waals surface area contributed by atoms with Crippen molar-refractivity contribution in [1.29, 1.82) is 0 Å². The molecule has 0 aliphatic heterocycles. The normalized spacial score (nSPS) is 9.67. The van der Waals surface area contributed by atoms with Crippen molar-refractivity contribution < 1.29 is 13.9 Å². The molecule has 2 aromatic rings. The Morgan fingerprint density at radius 1 is 1.10 bits per heavy atom. The third-order valence-corrected chi connectivity index (χ3v) is 2.96. The fraction of sp³-hybridized carbons (Fsp3) is 0.176. The summed E-state index contributed by atoms with van der Waals surface area (Å²) < 4.78 is 24.6. The first kappa shape index (κ1) is 15.2. The molecule has 108 valence electrons. The van der Waals surface area contributed by atoms with Crippen molar-refractivity contribution in [2.45, 2.75) is 6.61 Å². The molecule has 0 saturated heterocycles. The van der Waals surface area contributed by atoms with Crippen LogP contribution in [0.15, 0.2) is 42.5 Å². The second kappa shape index (κ2) is 7.56. The Bertz CT molecular complexity index is 674. The highest BCUT2D eigenvalue weighted by molar-refractivity contribution is 6.19. The summed E-state index contributed by atoms with van der Waals surface area (Å²) >= 11 is 5.55. The van der Waals surface area contributed by atoms with E-state index in [1.807, 2.05) is 18.2 Å². The Morgan fingerprint density at radius 2 is 1.86 bits per heavy atom. The Morgan fingerprint density at radius 3 is 2.62 bits per heavy atom. The van der Waals surface area contributed by atoms with Crippen LogP contribution in [0, 0.1) is 17.7 Å². The van der Waals surface area contributed by atoms with E-state index in [-0.39, 0.29) is 18.2 Å². The van der Waals surface area contributed by atoms with Crippen molar-refractivity contribution in [2.24, 2.45) is 0 Å². The zero-order valence-electron chi connectivity index (χ0n) is 11.5. The largest absolute Gasteiger partial charge is 0.494 e. The molecule has 4 heteroatoms. The van der Waals surface area contributed by atoms with Gasteiger partial charge in [-0.15, -0.1) is 11.6 Å². The van der Waals surface area contributed by atoms with Crippen LogP contribution in [0.4, 0.5) is 4.39 Å². The summed E-state index contributed by atoms with van der Waals surface area (Å²) in [4.78, 5) is 0. The Balaban J connectivity index is 2.17. The SMILES string of the molecule is COc1cccc(COc2ccccc2C#CCCl)c1F. The average Bonchev–Trinajstić information content (AvgIpc) is 2.52. The molecular formula is C17H14ClFO2.